The van der Waals surface area contributed by atoms with Gasteiger partial charge in [0.2, 0.25) is 4.84 Å². The topological polar surface area (TPSA) is 72.8 Å². The fourth-order valence-corrected chi connectivity index (χ4v) is 0.407. The molecular formula is C10H20Cl2O5. The Morgan fingerprint density at radius 1 is 1.12 bits per heavy atom. The van der Waals surface area contributed by atoms with Crippen molar-refractivity contribution in [2.75, 3.05) is 19.8 Å². The summed E-state index contributed by atoms with van der Waals surface area (Å²) in [6, 6.07) is 0. The molecule has 0 bridgehead atoms. The molecule has 0 aromatic carbocycles. The third-order valence-corrected chi connectivity index (χ3v) is 1.32. The molecule has 0 spiro atoms. The van der Waals surface area contributed by atoms with Gasteiger partial charge in [-0.2, -0.15) is 0 Å². The number of alkyl halides is 2. The van der Waals surface area contributed by atoms with E-state index in [-0.39, 0.29) is 5.97 Å². The Morgan fingerprint density at radius 3 is 1.47 bits per heavy atom. The van der Waals surface area contributed by atoms with Crippen molar-refractivity contribution in [3.05, 3.63) is 0 Å². The Morgan fingerprint density at radius 2 is 1.47 bits per heavy atom. The molecule has 0 unspecified atom stereocenters. The van der Waals surface area contributed by atoms with Crippen LogP contribution in [0.25, 0.3) is 0 Å². The van der Waals surface area contributed by atoms with Crippen LogP contribution in [0.15, 0.2) is 0 Å². The van der Waals surface area contributed by atoms with Gasteiger partial charge in [-0.1, -0.05) is 23.2 Å². The zero-order valence-corrected chi connectivity index (χ0v) is 12.0. The van der Waals surface area contributed by atoms with Gasteiger partial charge in [0.15, 0.2) is 0 Å². The average Bonchev–Trinajstić information content (AvgIpc) is 2.20. The molecule has 1 N–H and O–H groups in total. The molecule has 0 heterocycles. The van der Waals surface area contributed by atoms with Gasteiger partial charge in [-0.3, -0.25) is 4.79 Å². The van der Waals surface area contributed by atoms with E-state index in [0.717, 1.165) is 13.2 Å². The minimum Gasteiger partial charge on any atom is -0.479 e. The van der Waals surface area contributed by atoms with E-state index in [2.05, 4.69) is 4.74 Å². The average molecular weight is 291 g/mol. The number of esters is 1. The summed E-state index contributed by atoms with van der Waals surface area (Å²) in [5.41, 5.74) is 0. The van der Waals surface area contributed by atoms with Gasteiger partial charge in [0.05, 0.1) is 6.61 Å². The van der Waals surface area contributed by atoms with Crippen molar-refractivity contribution in [1.82, 2.24) is 0 Å². The number of hydrogen-bond donors (Lipinski definition) is 1. The molecule has 0 aliphatic rings. The summed E-state index contributed by atoms with van der Waals surface area (Å²) >= 11 is 9.56. The summed E-state index contributed by atoms with van der Waals surface area (Å²) in [5, 5.41) is 7.73. The van der Waals surface area contributed by atoms with Crippen LogP contribution in [0.1, 0.15) is 27.7 Å². The van der Waals surface area contributed by atoms with Gasteiger partial charge in [-0.25, -0.2) is 4.79 Å². The highest BCUT2D eigenvalue weighted by molar-refractivity contribution is 6.52. The first-order valence-electron chi connectivity index (χ1n) is 5.05. The quantitative estimate of drug-likeness (QED) is 0.636. The molecule has 104 valence electrons. The third kappa shape index (κ3) is 39.1. The van der Waals surface area contributed by atoms with Gasteiger partial charge in [-0.05, 0) is 20.8 Å². The first-order chi connectivity index (χ1) is 7.83. The van der Waals surface area contributed by atoms with Crippen molar-refractivity contribution in [3.63, 3.8) is 0 Å². The Kier molecular flexibility index (Phi) is 22.8. The Bertz CT molecular complexity index is 184. The fraction of sp³-hybridized carbons (Fsp3) is 0.800. The molecule has 0 saturated carbocycles. The second kappa shape index (κ2) is 17.9. The maximum atomic E-state index is 9.82. The van der Waals surface area contributed by atoms with Crippen LogP contribution in [-0.2, 0) is 19.1 Å². The molecule has 0 amide bonds. The monoisotopic (exact) mass is 290 g/mol. The number of carbonyl (C=O) groups excluding carboxylic acids is 1. The number of halogens is 2. The van der Waals surface area contributed by atoms with E-state index in [9.17, 15) is 9.59 Å². The predicted molar refractivity (Wildman–Crippen MR) is 67.6 cm³/mol. The number of aliphatic carboxylic acids is 1. The first kappa shape index (κ1) is 21.7. The first-order valence-corrected chi connectivity index (χ1v) is 5.92. The van der Waals surface area contributed by atoms with E-state index in [1.807, 2.05) is 13.8 Å². The lowest BCUT2D eigenvalue weighted by Gasteiger charge is -1.89. The molecule has 0 aliphatic heterocycles. The molecule has 0 aromatic heterocycles. The molecule has 0 fully saturated rings. The van der Waals surface area contributed by atoms with Crippen molar-refractivity contribution in [2.24, 2.45) is 0 Å². The number of rotatable bonds is 4. The number of carboxylic acids is 1. The van der Waals surface area contributed by atoms with Gasteiger partial charge in [0.25, 0.3) is 0 Å². The van der Waals surface area contributed by atoms with E-state index in [4.69, 9.17) is 33.0 Å². The maximum absolute atomic E-state index is 9.82. The molecule has 0 atom stereocenters. The highest BCUT2D eigenvalue weighted by Gasteiger charge is 2.05. The van der Waals surface area contributed by atoms with Crippen molar-refractivity contribution in [2.45, 2.75) is 32.5 Å². The number of hydrogen-bond acceptors (Lipinski definition) is 4. The highest BCUT2D eigenvalue weighted by atomic mass is 35.5. The molecule has 7 heteroatoms. The molecule has 0 saturated heterocycles. The van der Waals surface area contributed by atoms with E-state index < -0.39 is 10.8 Å². The molecule has 5 nitrogen and oxygen atoms in total. The predicted octanol–water partition coefficient (Wildman–Crippen LogP) is 2.49. The van der Waals surface area contributed by atoms with E-state index in [0.29, 0.717) is 6.61 Å². The number of carbonyl (C=O) groups is 2. The van der Waals surface area contributed by atoms with Crippen molar-refractivity contribution in [1.29, 1.82) is 0 Å². The second-order valence-electron chi connectivity index (χ2n) is 2.35. The minimum absolute atomic E-state index is 0.211. The standard InChI is InChI=1S/C4H8O2.C4H10O.C2H2Cl2O2/c1-3-6-4(2)5;1-3-5-4-2;3-1(4)2(5)6/h3H2,1-2H3;3-4H2,1-2H3;1H,(H,5,6). The maximum Gasteiger partial charge on any atom is 0.337 e. The fourth-order valence-electron chi connectivity index (χ4n) is 0.407. The summed E-state index contributed by atoms with van der Waals surface area (Å²) in [7, 11) is 0. The third-order valence-electron chi connectivity index (χ3n) is 0.943. The zero-order valence-electron chi connectivity index (χ0n) is 10.5. The molecule has 0 aliphatic carbocycles. The summed E-state index contributed by atoms with van der Waals surface area (Å²) in [5.74, 6) is -1.42. The summed E-state index contributed by atoms with van der Waals surface area (Å²) in [4.78, 5) is 18.0. The lowest BCUT2D eigenvalue weighted by molar-refractivity contribution is -0.140. The molecule has 0 rings (SSSR count). The van der Waals surface area contributed by atoms with Crippen molar-refractivity contribution >= 4 is 35.1 Å². The smallest absolute Gasteiger partial charge is 0.337 e. The lowest BCUT2D eigenvalue weighted by atomic mass is 10.8. The number of ether oxygens (including phenoxy) is 2. The van der Waals surface area contributed by atoms with Crippen LogP contribution >= 0.6 is 23.2 Å². The van der Waals surface area contributed by atoms with Gasteiger partial charge < -0.3 is 14.6 Å². The van der Waals surface area contributed by atoms with Gasteiger partial charge in [0, 0.05) is 20.1 Å². The minimum atomic E-state index is -1.29. The highest BCUT2D eigenvalue weighted by Crippen LogP contribution is 1.98. The molecular weight excluding hydrogens is 271 g/mol. The van der Waals surface area contributed by atoms with Gasteiger partial charge >= 0.3 is 11.9 Å². The van der Waals surface area contributed by atoms with Gasteiger partial charge in [-0.15, -0.1) is 0 Å². The van der Waals surface area contributed by atoms with Gasteiger partial charge in [0.1, 0.15) is 0 Å². The summed E-state index contributed by atoms with van der Waals surface area (Å²) in [6.45, 7) is 9.32. The SMILES string of the molecule is CCOC(C)=O.CCOCC.O=C(O)C(Cl)Cl. The van der Waals surface area contributed by atoms with E-state index in [1.54, 1.807) is 6.92 Å². The van der Waals surface area contributed by atoms with Crippen LogP contribution in [0.2, 0.25) is 0 Å². The Labute approximate surface area is 112 Å². The van der Waals surface area contributed by atoms with Crippen LogP contribution in [0.3, 0.4) is 0 Å². The summed E-state index contributed by atoms with van der Waals surface area (Å²) in [6.07, 6.45) is 0. The van der Waals surface area contributed by atoms with Crippen LogP contribution < -0.4 is 0 Å². The second-order valence-corrected chi connectivity index (χ2v) is 3.44. The lowest BCUT2D eigenvalue weighted by Crippen LogP contribution is -2.03. The zero-order chi connectivity index (χ0) is 14.3. The Hall–Kier alpha value is -0.520. The molecule has 17 heavy (non-hydrogen) atoms. The van der Waals surface area contributed by atoms with Crippen LogP contribution in [-0.4, -0.2) is 41.7 Å². The molecule has 0 radical (unpaired) electrons. The van der Waals surface area contributed by atoms with Crippen LogP contribution in [0, 0.1) is 0 Å². The largest absolute Gasteiger partial charge is 0.479 e. The van der Waals surface area contributed by atoms with Crippen molar-refractivity contribution < 1.29 is 24.2 Å². The Balaban J connectivity index is -0.000000174. The summed E-state index contributed by atoms with van der Waals surface area (Å²) < 4.78 is 9.24. The molecule has 0 aromatic rings. The normalized spacial score (nSPS) is 8.41. The van der Waals surface area contributed by atoms with Crippen LogP contribution in [0.4, 0.5) is 0 Å². The van der Waals surface area contributed by atoms with Crippen molar-refractivity contribution in [3.8, 4) is 0 Å². The van der Waals surface area contributed by atoms with Crippen LogP contribution in [0.5, 0.6) is 0 Å². The van der Waals surface area contributed by atoms with E-state index >= 15 is 0 Å². The van der Waals surface area contributed by atoms with E-state index in [1.165, 1.54) is 6.92 Å². The number of carboxylic acid groups (broad SMARTS) is 1.